The summed E-state index contributed by atoms with van der Waals surface area (Å²) in [5.74, 6) is 0. The van der Waals surface area contributed by atoms with E-state index in [1.807, 2.05) is 12.1 Å². The fraction of sp³-hybridized carbons (Fsp3) is 0. The molecule has 4 nitrogen and oxygen atoms in total. The van der Waals surface area contributed by atoms with Crippen molar-refractivity contribution in [1.29, 1.82) is 0 Å². The Morgan fingerprint density at radius 2 is 1.85 bits per heavy atom. The van der Waals surface area contributed by atoms with Gasteiger partial charge in [-0.25, -0.2) is 8.42 Å². The molecule has 1 heterocycles. The minimum atomic E-state index is -3.66. The number of halogens is 1. The molecular weight excluding hydrogens is 296 g/mol. The van der Waals surface area contributed by atoms with Crippen LogP contribution in [0.15, 0.2) is 59.6 Å². The van der Waals surface area contributed by atoms with Crippen molar-refractivity contribution in [2.24, 2.45) is 0 Å². The Bertz CT molecular complexity index is 872. The van der Waals surface area contributed by atoms with Gasteiger partial charge in [0.1, 0.15) is 0 Å². The van der Waals surface area contributed by atoms with Crippen LogP contribution in [0.5, 0.6) is 0 Å². The predicted molar refractivity (Wildman–Crippen MR) is 80.6 cm³/mol. The number of para-hydroxylation sites is 1. The average molecular weight is 307 g/mol. The Morgan fingerprint density at radius 3 is 2.65 bits per heavy atom. The van der Waals surface area contributed by atoms with Crippen LogP contribution >= 0.6 is 11.6 Å². The van der Waals surface area contributed by atoms with E-state index in [0.717, 1.165) is 10.9 Å². The van der Waals surface area contributed by atoms with Crippen LogP contribution in [0, 0.1) is 0 Å². The maximum Gasteiger partial charge on any atom is 0.262 e. The predicted octanol–water partition coefficient (Wildman–Crippen LogP) is 3.62. The SMILES string of the molecule is O=S(=O)(Nc1cccc2cc[nH]c12)c1cccc(Cl)c1. The van der Waals surface area contributed by atoms with E-state index >= 15 is 0 Å². The normalized spacial score (nSPS) is 11.7. The summed E-state index contributed by atoms with van der Waals surface area (Å²) in [5, 5.41) is 1.32. The van der Waals surface area contributed by atoms with Gasteiger partial charge in [0, 0.05) is 16.6 Å². The number of nitrogens with one attached hydrogen (secondary N) is 2. The van der Waals surface area contributed by atoms with E-state index in [9.17, 15) is 8.42 Å². The fourth-order valence-corrected chi connectivity index (χ4v) is 3.38. The Morgan fingerprint density at radius 1 is 1.05 bits per heavy atom. The topological polar surface area (TPSA) is 62.0 Å². The largest absolute Gasteiger partial charge is 0.359 e. The number of hydrogen-bond acceptors (Lipinski definition) is 2. The maximum atomic E-state index is 12.3. The van der Waals surface area contributed by atoms with Crippen LogP contribution in [0.3, 0.4) is 0 Å². The zero-order chi connectivity index (χ0) is 14.2. The summed E-state index contributed by atoms with van der Waals surface area (Å²) in [5.41, 5.74) is 1.26. The molecule has 0 bridgehead atoms. The third-order valence-electron chi connectivity index (χ3n) is 2.94. The first-order valence-corrected chi connectivity index (χ1v) is 7.77. The number of aromatic nitrogens is 1. The van der Waals surface area contributed by atoms with Crippen molar-refractivity contribution in [2.45, 2.75) is 4.90 Å². The summed E-state index contributed by atoms with van der Waals surface area (Å²) in [6, 6.07) is 13.4. The standard InChI is InChI=1S/C14H11ClN2O2S/c15-11-4-2-5-12(9-11)20(18,19)17-13-6-1-3-10-7-8-16-14(10)13/h1-9,16-17H. The van der Waals surface area contributed by atoms with Gasteiger partial charge in [-0.2, -0.15) is 0 Å². The molecule has 0 atom stereocenters. The third-order valence-corrected chi connectivity index (χ3v) is 4.54. The number of benzene rings is 2. The molecule has 0 radical (unpaired) electrons. The van der Waals surface area contributed by atoms with E-state index in [1.54, 1.807) is 30.5 Å². The van der Waals surface area contributed by atoms with Gasteiger partial charge in [0.05, 0.1) is 16.1 Å². The number of H-pyrrole nitrogens is 1. The summed E-state index contributed by atoms with van der Waals surface area (Å²) < 4.78 is 27.2. The molecule has 6 heteroatoms. The minimum absolute atomic E-state index is 0.133. The van der Waals surface area contributed by atoms with E-state index in [0.29, 0.717) is 10.7 Å². The summed E-state index contributed by atoms with van der Waals surface area (Å²) in [6.45, 7) is 0. The first-order valence-electron chi connectivity index (χ1n) is 5.91. The zero-order valence-electron chi connectivity index (χ0n) is 10.3. The Balaban J connectivity index is 2.04. The second-order valence-electron chi connectivity index (χ2n) is 4.31. The molecule has 0 fully saturated rings. The first kappa shape index (κ1) is 13.0. The van der Waals surface area contributed by atoms with Crippen molar-refractivity contribution < 1.29 is 8.42 Å². The van der Waals surface area contributed by atoms with Crippen LogP contribution in [0.2, 0.25) is 5.02 Å². The zero-order valence-corrected chi connectivity index (χ0v) is 11.9. The van der Waals surface area contributed by atoms with Crippen LogP contribution in [-0.2, 0) is 10.0 Å². The van der Waals surface area contributed by atoms with Gasteiger partial charge in [-0.15, -0.1) is 0 Å². The molecule has 0 saturated carbocycles. The molecule has 2 aromatic carbocycles. The highest BCUT2D eigenvalue weighted by atomic mass is 35.5. The molecule has 0 saturated heterocycles. The number of hydrogen-bond donors (Lipinski definition) is 2. The smallest absolute Gasteiger partial charge is 0.262 e. The molecule has 0 unspecified atom stereocenters. The lowest BCUT2D eigenvalue weighted by Gasteiger charge is -2.09. The van der Waals surface area contributed by atoms with E-state index in [4.69, 9.17) is 11.6 Å². The van der Waals surface area contributed by atoms with Gasteiger partial charge >= 0.3 is 0 Å². The van der Waals surface area contributed by atoms with Crippen molar-refractivity contribution in [3.63, 3.8) is 0 Å². The van der Waals surface area contributed by atoms with Crippen molar-refractivity contribution in [2.75, 3.05) is 4.72 Å². The maximum absolute atomic E-state index is 12.3. The quantitative estimate of drug-likeness (QED) is 0.776. The van der Waals surface area contributed by atoms with Gasteiger partial charge in [-0.05, 0) is 30.3 Å². The van der Waals surface area contributed by atoms with Gasteiger partial charge in [-0.3, -0.25) is 4.72 Å². The molecule has 102 valence electrons. The Kier molecular flexibility index (Phi) is 3.16. The van der Waals surface area contributed by atoms with Crippen LogP contribution in [0.4, 0.5) is 5.69 Å². The average Bonchev–Trinajstić information content (AvgIpc) is 2.88. The molecule has 2 N–H and O–H groups in total. The Hall–Kier alpha value is -1.98. The summed E-state index contributed by atoms with van der Waals surface area (Å²) in [7, 11) is -3.66. The fourth-order valence-electron chi connectivity index (χ4n) is 2.01. The summed E-state index contributed by atoms with van der Waals surface area (Å²) in [4.78, 5) is 3.15. The van der Waals surface area contributed by atoms with Gasteiger partial charge in [-0.1, -0.05) is 29.8 Å². The van der Waals surface area contributed by atoms with E-state index in [2.05, 4.69) is 9.71 Å². The van der Waals surface area contributed by atoms with E-state index < -0.39 is 10.0 Å². The number of anilines is 1. The van der Waals surface area contributed by atoms with Crippen molar-refractivity contribution in [3.05, 3.63) is 59.8 Å². The highest BCUT2D eigenvalue weighted by molar-refractivity contribution is 7.92. The molecule has 0 aliphatic carbocycles. The highest BCUT2D eigenvalue weighted by Crippen LogP contribution is 2.25. The second-order valence-corrected chi connectivity index (χ2v) is 6.43. The molecule has 3 aromatic rings. The van der Waals surface area contributed by atoms with E-state index in [1.165, 1.54) is 12.1 Å². The van der Waals surface area contributed by atoms with Crippen LogP contribution in [0.25, 0.3) is 10.9 Å². The number of rotatable bonds is 3. The lowest BCUT2D eigenvalue weighted by Crippen LogP contribution is -2.13. The number of aromatic amines is 1. The molecule has 1 aromatic heterocycles. The molecule has 20 heavy (non-hydrogen) atoms. The van der Waals surface area contributed by atoms with Crippen LogP contribution in [-0.4, -0.2) is 13.4 Å². The third kappa shape index (κ3) is 2.37. The monoisotopic (exact) mass is 306 g/mol. The van der Waals surface area contributed by atoms with Gasteiger partial charge in [0.15, 0.2) is 0 Å². The lowest BCUT2D eigenvalue weighted by atomic mass is 10.2. The number of sulfonamides is 1. The molecule has 0 spiro atoms. The Labute approximate surface area is 121 Å². The summed E-state index contributed by atoms with van der Waals surface area (Å²) >= 11 is 5.83. The van der Waals surface area contributed by atoms with Gasteiger partial charge < -0.3 is 4.98 Å². The molecule has 3 rings (SSSR count). The van der Waals surface area contributed by atoms with Crippen molar-refractivity contribution in [3.8, 4) is 0 Å². The molecule has 0 aliphatic rings. The first-order chi connectivity index (χ1) is 9.56. The number of fused-ring (bicyclic) bond motifs is 1. The van der Waals surface area contributed by atoms with Crippen molar-refractivity contribution in [1.82, 2.24) is 4.98 Å². The van der Waals surface area contributed by atoms with Crippen LogP contribution < -0.4 is 4.72 Å². The van der Waals surface area contributed by atoms with Gasteiger partial charge in [0.25, 0.3) is 10.0 Å². The molecule has 0 amide bonds. The van der Waals surface area contributed by atoms with Crippen molar-refractivity contribution >= 4 is 38.2 Å². The molecular formula is C14H11ClN2O2S. The minimum Gasteiger partial charge on any atom is -0.359 e. The van der Waals surface area contributed by atoms with Gasteiger partial charge in [0.2, 0.25) is 0 Å². The van der Waals surface area contributed by atoms with Crippen LogP contribution in [0.1, 0.15) is 0 Å². The van der Waals surface area contributed by atoms with E-state index in [-0.39, 0.29) is 4.90 Å². The molecule has 0 aliphatic heterocycles. The highest BCUT2D eigenvalue weighted by Gasteiger charge is 2.16. The summed E-state index contributed by atoms with van der Waals surface area (Å²) in [6.07, 6.45) is 1.77. The second kappa shape index (κ2) is 4.85. The lowest BCUT2D eigenvalue weighted by molar-refractivity contribution is 0.601.